The molecule has 2 saturated heterocycles. The van der Waals surface area contributed by atoms with Crippen LogP contribution in [0, 0.1) is 11.7 Å². The summed E-state index contributed by atoms with van der Waals surface area (Å²) < 4.78 is 13.2. The molecule has 0 aliphatic carbocycles. The molecule has 27 heavy (non-hydrogen) atoms. The molecule has 0 radical (unpaired) electrons. The van der Waals surface area contributed by atoms with Crippen molar-refractivity contribution in [1.82, 2.24) is 14.7 Å². The van der Waals surface area contributed by atoms with Gasteiger partial charge in [0.25, 0.3) is 5.91 Å². The van der Waals surface area contributed by atoms with E-state index in [-0.39, 0.29) is 28.9 Å². The summed E-state index contributed by atoms with van der Waals surface area (Å²) in [7, 11) is 0. The molecule has 1 aromatic carbocycles. The van der Waals surface area contributed by atoms with Gasteiger partial charge < -0.3 is 14.7 Å². The fourth-order valence-corrected chi connectivity index (χ4v) is 5.20. The van der Waals surface area contributed by atoms with Crippen LogP contribution >= 0.6 is 11.8 Å². The van der Waals surface area contributed by atoms with E-state index in [4.69, 9.17) is 0 Å². The van der Waals surface area contributed by atoms with Crippen molar-refractivity contribution in [2.75, 3.05) is 38.5 Å². The SMILES string of the molecule is CCN1CCN(C(=O)C2CSC(C(C)C)N2C(=O)c2ccc(F)cc2)CC1. The first kappa shape index (κ1) is 20.1. The van der Waals surface area contributed by atoms with Crippen LogP contribution in [0.5, 0.6) is 0 Å². The summed E-state index contributed by atoms with van der Waals surface area (Å²) in [5.74, 6) is 0.321. The van der Waals surface area contributed by atoms with Crippen molar-refractivity contribution in [3.8, 4) is 0 Å². The minimum absolute atomic E-state index is 0.0388. The third kappa shape index (κ3) is 4.29. The number of amides is 2. The van der Waals surface area contributed by atoms with E-state index in [1.54, 1.807) is 16.7 Å². The summed E-state index contributed by atoms with van der Waals surface area (Å²) in [5, 5.41) is -0.0477. The molecule has 2 heterocycles. The van der Waals surface area contributed by atoms with Crippen molar-refractivity contribution < 1.29 is 14.0 Å². The summed E-state index contributed by atoms with van der Waals surface area (Å²) in [6.07, 6.45) is 0. The molecule has 7 heteroatoms. The molecule has 2 fully saturated rings. The van der Waals surface area contributed by atoms with Crippen molar-refractivity contribution in [1.29, 1.82) is 0 Å². The zero-order valence-corrected chi connectivity index (χ0v) is 17.0. The van der Waals surface area contributed by atoms with Crippen LogP contribution in [-0.4, -0.2) is 76.4 Å². The zero-order valence-electron chi connectivity index (χ0n) is 16.2. The van der Waals surface area contributed by atoms with Gasteiger partial charge in [0.15, 0.2) is 0 Å². The standard InChI is InChI=1S/C20H28FN3O2S/c1-4-22-9-11-23(12-10-22)19(26)17-13-27-20(14(2)3)24(17)18(25)15-5-7-16(21)8-6-15/h5-8,14,17,20H,4,9-13H2,1-3H3. The van der Waals surface area contributed by atoms with E-state index >= 15 is 0 Å². The monoisotopic (exact) mass is 393 g/mol. The van der Waals surface area contributed by atoms with Gasteiger partial charge in [-0.05, 0) is 36.7 Å². The third-order valence-electron chi connectivity index (χ3n) is 5.35. The van der Waals surface area contributed by atoms with E-state index in [1.807, 2.05) is 4.90 Å². The first-order valence-electron chi connectivity index (χ1n) is 9.63. The molecule has 2 unspecified atom stereocenters. The molecular formula is C20H28FN3O2S. The van der Waals surface area contributed by atoms with Crippen molar-refractivity contribution >= 4 is 23.6 Å². The zero-order chi connectivity index (χ0) is 19.6. The fraction of sp³-hybridized carbons (Fsp3) is 0.600. The molecular weight excluding hydrogens is 365 g/mol. The maximum atomic E-state index is 13.2. The average Bonchev–Trinajstić information content (AvgIpc) is 3.13. The molecule has 2 atom stereocenters. The Morgan fingerprint density at radius 3 is 2.33 bits per heavy atom. The van der Waals surface area contributed by atoms with Crippen molar-refractivity contribution in [3.05, 3.63) is 35.6 Å². The van der Waals surface area contributed by atoms with E-state index < -0.39 is 6.04 Å². The lowest BCUT2D eigenvalue weighted by molar-refractivity contribution is -0.137. The number of hydrogen-bond donors (Lipinski definition) is 0. The van der Waals surface area contributed by atoms with E-state index in [0.29, 0.717) is 24.4 Å². The molecule has 0 saturated carbocycles. The summed E-state index contributed by atoms with van der Waals surface area (Å²) in [4.78, 5) is 32.3. The predicted molar refractivity (Wildman–Crippen MR) is 106 cm³/mol. The van der Waals surface area contributed by atoms with Crippen LogP contribution in [0.4, 0.5) is 4.39 Å². The molecule has 2 aliphatic heterocycles. The molecule has 1 aromatic rings. The number of halogens is 1. The number of nitrogens with zero attached hydrogens (tertiary/aromatic N) is 3. The predicted octanol–water partition coefficient (Wildman–Crippen LogP) is 2.53. The summed E-state index contributed by atoms with van der Waals surface area (Å²) in [6.45, 7) is 10.4. The van der Waals surface area contributed by atoms with Gasteiger partial charge in [0.05, 0.1) is 5.37 Å². The first-order valence-corrected chi connectivity index (χ1v) is 10.7. The molecule has 3 rings (SSSR count). The third-order valence-corrected chi connectivity index (χ3v) is 6.97. The van der Waals surface area contributed by atoms with Gasteiger partial charge >= 0.3 is 0 Å². The molecule has 0 bridgehead atoms. The number of carbonyl (C=O) groups is 2. The minimum Gasteiger partial charge on any atom is -0.338 e. The van der Waals surface area contributed by atoms with E-state index in [2.05, 4.69) is 25.7 Å². The summed E-state index contributed by atoms with van der Waals surface area (Å²) in [6, 6.07) is 5.13. The van der Waals surface area contributed by atoms with Crippen LogP contribution in [-0.2, 0) is 4.79 Å². The number of thioether (sulfide) groups is 1. The van der Waals surface area contributed by atoms with Crippen LogP contribution in [0.3, 0.4) is 0 Å². The number of benzene rings is 1. The Hall–Kier alpha value is -1.60. The van der Waals surface area contributed by atoms with Crippen LogP contribution in [0.2, 0.25) is 0 Å². The highest BCUT2D eigenvalue weighted by atomic mass is 32.2. The maximum absolute atomic E-state index is 13.2. The summed E-state index contributed by atoms with van der Waals surface area (Å²) >= 11 is 1.66. The van der Waals surface area contributed by atoms with Gasteiger partial charge in [0.2, 0.25) is 5.91 Å². The number of rotatable bonds is 4. The number of carbonyl (C=O) groups excluding carboxylic acids is 2. The average molecular weight is 394 g/mol. The van der Waals surface area contributed by atoms with Crippen LogP contribution in [0.15, 0.2) is 24.3 Å². The first-order chi connectivity index (χ1) is 12.9. The van der Waals surface area contributed by atoms with Crippen molar-refractivity contribution in [3.63, 3.8) is 0 Å². The second-order valence-electron chi connectivity index (χ2n) is 7.46. The van der Waals surface area contributed by atoms with E-state index in [9.17, 15) is 14.0 Å². The van der Waals surface area contributed by atoms with Gasteiger partial charge in [-0.1, -0.05) is 20.8 Å². The number of likely N-dealkylation sites (N-methyl/N-ethyl adjacent to an activating group) is 1. The van der Waals surface area contributed by atoms with Gasteiger partial charge in [-0.3, -0.25) is 9.59 Å². The fourth-order valence-electron chi connectivity index (χ4n) is 3.73. The van der Waals surface area contributed by atoms with Crippen molar-refractivity contribution in [2.45, 2.75) is 32.2 Å². The topological polar surface area (TPSA) is 43.9 Å². The Morgan fingerprint density at radius 2 is 1.78 bits per heavy atom. The van der Waals surface area contributed by atoms with Gasteiger partial charge in [-0.2, -0.15) is 0 Å². The molecule has 0 spiro atoms. The second-order valence-corrected chi connectivity index (χ2v) is 8.61. The lowest BCUT2D eigenvalue weighted by Gasteiger charge is -2.38. The van der Waals surface area contributed by atoms with Crippen molar-refractivity contribution in [2.24, 2.45) is 5.92 Å². The van der Waals surface area contributed by atoms with Crippen LogP contribution in [0.25, 0.3) is 0 Å². The Bertz CT molecular complexity index is 674. The Balaban J connectivity index is 1.79. The highest BCUT2D eigenvalue weighted by Crippen LogP contribution is 2.36. The largest absolute Gasteiger partial charge is 0.338 e. The van der Waals surface area contributed by atoms with Gasteiger partial charge in [0, 0.05) is 37.5 Å². The molecule has 148 valence electrons. The van der Waals surface area contributed by atoms with Gasteiger partial charge in [0.1, 0.15) is 11.9 Å². The van der Waals surface area contributed by atoms with E-state index in [0.717, 1.165) is 19.6 Å². The summed E-state index contributed by atoms with van der Waals surface area (Å²) in [5.41, 5.74) is 0.429. The maximum Gasteiger partial charge on any atom is 0.255 e. The number of piperazine rings is 1. The second kappa shape index (κ2) is 8.61. The lowest BCUT2D eigenvalue weighted by Crippen LogP contribution is -2.56. The molecule has 0 N–H and O–H groups in total. The minimum atomic E-state index is -0.451. The number of hydrogen-bond acceptors (Lipinski definition) is 4. The highest BCUT2D eigenvalue weighted by molar-refractivity contribution is 8.00. The molecule has 5 nitrogen and oxygen atoms in total. The van der Waals surface area contributed by atoms with Crippen LogP contribution in [0.1, 0.15) is 31.1 Å². The Labute approximate surface area is 164 Å². The molecule has 0 aromatic heterocycles. The Morgan fingerprint density at radius 1 is 1.15 bits per heavy atom. The molecule has 2 aliphatic rings. The van der Waals surface area contributed by atoms with Gasteiger partial charge in [-0.15, -0.1) is 11.8 Å². The normalized spacial score (nSPS) is 23.9. The lowest BCUT2D eigenvalue weighted by atomic mass is 10.1. The van der Waals surface area contributed by atoms with E-state index in [1.165, 1.54) is 24.3 Å². The van der Waals surface area contributed by atoms with Gasteiger partial charge in [-0.25, -0.2) is 4.39 Å². The molecule has 2 amide bonds. The highest BCUT2D eigenvalue weighted by Gasteiger charge is 2.44. The smallest absolute Gasteiger partial charge is 0.255 e. The van der Waals surface area contributed by atoms with Crippen LogP contribution < -0.4 is 0 Å². The quantitative estimate of drug-likeness (QED) is 0.789. The Kier molecular flexibility index (Phi) is 6.42.